The molecule has 4 atom stereocenters. The van der Waals surface area contributed by atoms with Gasteiger partial charge in [0, 0.05) is 0 Å². The lowest BCUT2D eigenvalue weighted by molar-refractivity contribution is -0.258. The molecule has 0 aromatic rings. The molecule has 0 saturated heterocycles. The lowest BCUT2D eigenvalue weighted by Gasteiger charge is -2.28. The van der Waals surface area contributed by atoms with Crippen molar-refractivity contribution in [3.63, 3.8) is 0 Å². The van der Waals surface area contributed by atoms with Gasteiger partial charge < -0.3 is 19.3 Å². The van der Waals surface area contributed by atoms with E-state index in [1.807, 2.05) is 6.92 Å². The second kappa shape index (κ2) is 25.7. The van der Waals surface area contributed by atoms with Crippen LogP contribution in [0.25, 0.3) is 0 Å². The van der Waals surface area contributed by atoms with Crippen LogP contribution in [0.2, 0.25) is 0 Å². The molecular formula is C30H59O6PS. The number of esters is 1. The molecule has 0 saturated carbocycles. The first-order chi connectivity index (χ1) is 18.4. The Morgan fingerprint density at radius 3 is 1.63 bits per heavy atom. The van der Waals surface area contributed by atoms with Crippen molar-refractivity contribution >= 4 is 27.1 Å². The summed E-state index contributed by atoms with van der Waals surface area (Å²) in [5, 5.41) is 10.3. The van der Waals surface area contributed by atoms with E-state index in [1.54, 1.807) is 6.92 Å². The van der Waals surface area contributed by atoms with Gasteiger partial charge in [-0.25, -0.2) is 4.79 Å². The minimum atomic E-state index is -2.57. The van der Waals surface area contributed by atoms with Gasteiger partial charge in [-0.15, -0.1) is 12.6 Å². The first-order valence-corrected chi connectivity index (χ1v) is 16.9. The lowest BCUT2D eigenvalue weighted by atomic mass is 9.91. The highest BCUT2D eigenvalue weighted by molar-refractivity contribution is 7.80. The van der Waals surface area contributed by atoms with Gasteiger partial charge >= 0.3 is 11.5 Å². The minimum absolute atomic E-state index is 0.0475. The highest BCUT2D eigenvalue weighted by Crippen LogP contribution is 2.30. The average molecular weight is 579 g/mol. The third kappa shape index (κ3) is 19.8. The standard InChI is InChI=1S/C30H59O6PS/c1-5-9-11-13-14-15-16-17-18-20-22-24-26(23-21-19-12-10-6-2)25-28(38)35-27(7-3)36-30(32,37-33)29(31)34-8-4/h26-28,32,38H,5-25H2,1-4H3. The van der Waals surface area contributed by atoms with E-state index >= 15 is 0 Å². The van der Waals surface area contributed by atoms with Crippen molar-refractivity contribution in [3.05, 3.63) is 0 Å². The molecule has 0 amide bonds. The summed E-state index contributed by atoms with van der Waals surface area (Å²) in [6, 6.07) is 0. The summed E-state index contributed by atoms with van der Waals surface area (Å²) < 4.78 is 27.6. The van der Waals surface area contributed by atoms with Crippen molar-refractivity contribution in [3.8, 4) is 0 Å². The summed E-state index contributed by atoms with van der Waals surface area (Å²) in [6.45, 7) is 7.97. The van der Waals surface area contributed by atoms with E-state index in [-0.39, 0.29) is 6.61 Å². The molecule has 0 aliphatic carbocycles. The van der Waals surface area contributed by atoms with Crippen LogP contribution in [0.3, 0.4) is 0 Å². The Bertz CT molecular complexity index is 567. The summed E-state index contributed by atoms with van der Waals surface area (Å²) in [5.74, 6) is -0.576. The van der Waals surface area contributed by atoms with E-state index in [0.717, 1.165) is 19.3 Å². The van der Waals surface area contributed by atoms with Crippen LogP contribution in [-0.2, 0) is 23.6 Å². The quantitative estimate of drug-likeness (QED) is 0.0316. The number of hydrogen-bond acceptors (Lipinski definition) is 7. The zero-order valence-corrected chi connectivity index (χ0v) is 26.8. The second-order valence-corrected chi connectivity index (χ2v) is 12.0. The summed E-state index contributed by atoms with van der Waals surface area (Å²) in [6.07, 6.45) is 23.6. The van der Waals surface area contributed by atoms with Crippen molar-refractivity contribution in [1.82, 2.24) is 0 Å². The average Bonchev–Trinajstić information content (AvgIpc) is 2.90. The van der Waals surface area contributed by atoms with Crippen molar-refractivity contribution in [2.45, 2.75) is 173 Å². The molecule has 0 aliphatic rings. The normalized spacial score (nSPS) is 15.7. The number of hydrogen-bond donors (Lipinski definition) is 2. The molecule has 226 valence electrons. The van der Waals surface area contributed by atoms with E-state index in [0.29, 0.717) is 12.3 Å². The van der Waals surface area contributed by atoms with Crippen molar-refractivity contribution < 1.29 is 28.7 Å². The topological polar surface area (TPSA) is 82.1 Å². The van der Waals surface area contributed by atoms with Crippen molar-refractivity contribution in [2.24, 2.45) is 5.92 Å². The van der Waals surface area contributed by atoms with E-state index in [2.05, 4.69) is 26.5 Å². The van der Waals surface area contributed by atoms with Crippen molar-refractivity contribution in [2.75, 3.05) is 6.61 Å². The van der Waals surface area contributed by atoms with Crippen LogP contribution in [0.15, 0.2) is 0 Å². The number of aliphatic hydroxyl groups is 1. The van der Waals surface area contributed by atoms with Gasteiger partial charge in [0.1, 0.15) is 5.44 Å². The fourth-order valence-corrected chi connectivity index (χ4v) is 5.49. The Hall–Kier alpha value is -0.200. The summed E-state index contributed by atoms with van der Waals surface area (Å²) in [4.78, 5) is 12.0. The maximum Gasteiger partial charge on any atom is 0.379 e. The predicted octanol–water partition coefficient (Wildman–Crippen LogP) is 9.58. The smallest absolute Gasteiger partial charge is 0.379 e. The molecular weight excluding hydrogens is 519 g/mol. The Balaban J connectivity index is 4.59. The van der Waals surface area contributed by atoms with Gasteiger partial charge in [0.2, 0.25) is 8.46 Å². The van der Waals surface area contributed by atoms with E-state index in [1.165, 1.54) is 103 Å². The Morgan fingerprint density at radius 2 is 1.24 bits per heavy atom. The number of unbranched alkanes of at least 4 members (excludes halogenated alkanes) is 14. The highest BCUT2D eigenvalue weighted by Gasteiger charge is 2.43. The molecule has 4 unspecified atom stereocenters. The maximum absolute atomic E-state index is 12.0. The summed E-state index contributed by atoms with van der Waals surface area (Å²) in [5.41, 5.74) is -2.97. The van der Waals surface area contributed by atoms with Gasteiger partial charge in [-0.2, -0.15) is 0 Å². The number of rotatable bonds is 28. The van der Waals surface area contributed by atoms with Crippen LogP contribution in [0.4, 0.5) is 0 Å². The van der Waals surface area contributed by atoms with Crippen molar-refractivity contribution in [1.29, 1.82) is 0 Å². The molecule has 1 N–H and O–H groups in total. The maximum atomic E-state index is 12.0. The van der Waals surface area contributed by atoms with E-state index < -0.39 is 31.7 Å². The molecule has 0 bridgehead atoms. The van der Waals surface area contributed by atoms with Crippen LogP contribution in [-0.4, -0.2) is 34.9 Å². The Labute approximate surface area is 241 Å². The van der Waals surface area contributed by atoms with E-state index in [9.17, 15) is 14.5 Å². The third-order valence-corrected chi connectivity index (χ3v) is 7.94. The predicted molar refractivity (Wildman–Crippen MR) is 161 cm³/mol. The molecule has 6 nitrogen and oxygen atoms in total. The van der Waals surface area contributed by atoms with Crippen LogP contribution in [0.1, 0.15) is 156 Å². The van der Waals surface area contributed by atoms with E-state index in [4.69, 9.17) is 14.2 Å². The minimum Gasteiger partial charge on any atom is -0.461 e. The van der Waals surface area contributed by atoms with Crippen LogP contribution in [0.5, 0.6) is 0 Å². The fraction of sp³-hybridized carbons (Fsp3) is 0.967. The van der Waals surface area contributed by atoms with Gasteiger partial charge in [0.15, 0.2) is 6.29 Å². The number of carbonyl (C=O) groups excluding carboxylic acids is 1. The fourth-order valence-electron chi connectivity index (χ4n) is 4.75. The monoisotopic (exact) mass is 578 g/mol. The number of thiol groups is 1. The molecule has 0 aromatic carbocycles. The largest absolute Gasteiger partial charge is 0.461 e. The molecule has 0 aliphatic heterocycles. The molecule has 0 aromatic heterocycles. The molecule has 0 rings (SSSR count). The zero-order chi connectivity index (χ0) is 28.5. The summed E-state index contributed by atoms with van der Waals surface area (Å²) >= 11 is 4.67. The molecule has 0 heterocycles. The highest BCUT2D eigenvalue weighted by atomic mass is 32.1. The van der Waals surface area contributed by atoms with Gasteiger partial charge in [0.05, 0.1) is 6.61 Å². The second-order valence-electron chi connectivity index (χ2n) is 10.6. The molecule has 0 fully saturated rings. The van der Waals surface area contributed by atoms with Gasteiger partial charge in [-0.3, -0.25) is 4.57 Å². The molecule has 0 spiro atoms. The van der Waals surface area contributed by atoms with Crippen LogP contribution in [0, 0.1) is 5.92 Å². The van der Waals surface area contributed by atoms with Gasteiger partial charge in [-0.05, 0) is 25.7 Å². The van der Waals surface area contributed by atoms with Crippen LogP contribution < -0.4 is 0 Å². The first-order valence-electron chi connectivity index (χ1n) is 15.6. The number of carbonyl (C=O) groups is 1. The van der Waals surface area contributed by atoms with Crippen LogP contribution >= 0.6 is 21.1 Å². The summed E-state index contributed by atoms with van der Waals surface area (Å²) in [7, 11) is -0.883. The third-order valence-electron chi connectivity index (χ3n) is 7.07. The SMILES string of the molecule is CCCCCCCCCCCCCC(CCCCCCC)CC(S)OC(CC)OC(O)(P=O)C(=O)OCC. The Kier molecular flexibility index (Phi) is 25.6. The molecule has 0 radical (unpaired) electrons. The van der Waals surface area contributed by atoms with Gasteiger partial charge in [-0.1, -0.05) is 136 Å². The molecule has 8 heteroatoms. The zero-order valence-electron chi connectivity index (χ0n) is 25.0. The first kappa shape index (κ1) is 37.8. The Morgan fingerprint density at radius 1 is 0.789 bits per heavy atom. The van der Waals surface area contributed by atoms with Gasteiger partial charge in [0.25, 0.3) is 0 Å². The molecule has 38 heavy (non-hydrogen) atoms. The lowest BCUT2D eigenvalue weighted by Crippen LogP contribution is -2.42. The number of ether oxygens (including phenoxy) is 3.